The Labute approximate surface area is 155 Å². The quantitative estimate of drug-likeness (QED) is 0.576. The fourth-order valence-corrected chi connectivity index (χ4v) is 3.95. The SMILES string of the molecule is NC(=O)c1nn(-c2ccc(S(N)(=O)=O)cc2)c2c1CCc1cc(N)ccc1-2. The number of sulfonamides is 1. The van der Waals surface area contributed by atoms with Gasteiger partial charge < -0.3 is 11.5 Å². The van der Waals surface area contributed by atoms with Crippen LogP contribution in [-0.4, -0.2) is 24.1 Å². The van der Waals surface area contributed by atoms with E-state index < -0.39 is 15.9 Å². The first-order chi connectivity index (χ1) is 12.8. The van der Waals surface area contributed by atoms with E-state index in [1.54, 1.807) is 22.9 Å². The van der Waals surface area contributed by atoms with E-state index in [1.165, 1.54) is 12.1 Å². The van der Waals surface area contributed by atoms with Crippen molar-refractivity contribution in [3.63, 3.8) is 0 Å². The molecule has 0 fully saturated rings. The van der Waals surface area contributed by atoms with Crippen LogP contribution >= 0.6 is 0 Å². The van der Waals surface area contributed by atoms with E-state index in [2.05, 4.69) is 5.10 Å². The monoisotopic (exact) mass is 383 g/mol. The van der Waals surface area contributed by atoms with Crippen molar-refractivity contribution in [1.82, 2.24) is 9.78 Å². The summed E-state index contributed by atoms with van der Waals surface area (Å²) in [5.74, 6) is -0.606. The number of amides is 1. The summed E-state index contributed by atoms with van der Waals surface area (Å²) < 4.78 is 24.6. The highest BCUT2D eigenvalue weighted by molar-refractivity contribution is 7.89. The molecule has 27 heavy (non-hydrogen) atoms. The van der Waals surface area contributed by atoms with E-state index in [0.29, 0.717) is 17.8 Å². The molecule has 9 heteroatoms. The van der Waals surface area contributed by atoms with Gasteiger partial charge in [0.25, 0.3) is 5.91 Å². The Morgan fingerprint density at radius 3 is 2.41 bits per heavy atom. The van der Waals surface area contributed by atoms with Gasteiger partial charge in [0.15, 0.2) is 5.69 Å². The number of nitrogens with zero attached hydrogens (tertiary/aromatic N) is 2. The number of hydrogen-bond acceptors (Lipinski definition) is 5. The molecule has 8 nitrogen and oxygen atoms in total. The zero-order chi connectivity index (χ0) is 19.3. The van der Waals surface area contributed by atoms with Crippen LogP contribution in [0.2, 0.25) is 0 Å². The van der Waals surface area contributed by atoms with Gasteiger partial charge in [-0.25, -0.2) is 18.2 Å². The average molecular weight is 383 g/mol. The lowest BCUT2D eigenvalue weighted by Crippen LogP contribution is -2.15. The highest BCUT2D eigenvalue weighted by atomic mass is 32.2. The smallest absolute Gasteiger partial charge is 0.269 e. The molecule has 0 saturated carbocycles. The van der Waals surface area contributed by atoms with E-state index in [0.717, 1.165) is 28.8 Å². The van der Waals surface area contributed by atoms with Crippen LogP contribution in [0.1, 0.15) is 21.6 Å². The van der Waals surface area contributed by atoms with Gasteiger partial charge in [0.05, 0.1) is 16.3 Å². The molecule has 1 aliphatic carbocycles. The van der Waals surface area contributed by atoms with Crippen molar-refractivity contribution in [2.24, 2.45) is 10.9 Å². The predicted octanol–water partition coefficient (Wildman–Crippen LogP) is 0.966. The molecule has 4 rings (SSSR count). The van der Waals surface area contributed by atoms with Crippen LogP contribution in [0.5, 0.6) is 0 Å². The third kappa shape index (κ3) is 2.86. The number of primary amides is 1. The van der Waals surface area contributed by atoms with Crippen molar-refractivity contribution in [2.45, 2.75) is 17.7 Å². The van der Waals surface area contributed by atoms with Crippen LogP contribution in [0.15, 0.2) is 47.4 Å². The molecule has 1 amide bonds. The molecular formula is C18H17N5O3S. The Morgan fingerprint density at radius 1 is 1.07 bits per heavy atom. The van der Waals surface area contributed by atoms with Gasteiger partial charge in [-0.2, -0.15) is 5.10 Å². The van der Waals surface area contributed by atoms with Crippen LogP contribution in [0, 0.1) is 0 Å². The van der Waals surface area contributed by atoms with Crippen molar-refractivity contribution >= 4 is 21.6 Å². The Balaban J connectivity index is 1.95. The molecule has 138 valence electrons. The lowest BCUT2D eigenvalue weighted by atomic mass is 9.88. The van der Waals surface area contributed by atoms with Crippen molar-refractivity contribution < 1.29 is 13.2 Å². The fourth-order valence-electron chi connectivity index (χ4n) is 3.44. The van der Waals surface area contributed by atoms with Gasteiger partial charge in [0, 0.05) is 16.8 Å². The van der Waals surface area contributed by atoms with Crippen molar-refractivity contribution in [2.75, 3.05) is 5.73 Å². The van der Waals surface area contributed by atoms with Gasteiger partial charge in [-0.15, -0.1) is 0 Å². The number of benzene rings is 2. The zero-order valence-corrected chi connectivity index (χ0v) is 15.0. The number of fused-ring (bicyclic) bond motifs is 3. The van der Waals surface area contributed by atoms with Crippen LogP contribution in [0.25, 0.3) is 16.9 Å². The number of anilines is 1. The molecule has 0 atom stereocenters. The molecule has 2 aromatic carbocycles. The number of hydrogen-bond donors (Lipinski definition) is 3. The summed E-state index contributed by atoms with van der Waals surface area (Å²) in [4.78, 5) is 11.9. The minimum absolute atomic E-state index is 0.00410. The number of carbonyl (C=O) groups excluding carboxylic acids is 1. The van der Waals surface area contributed by atoms with Gasteiger partial charge in [-0.1, -0.05) is 6.07 Å². The molecular weight excluding hydrogens is 366 g/mol. The van der Waals surface area contributed by atoms with Gasteiger partial charge in [-0.3, -0.25) is 4.79 Å². The number of carbonyl (C=O) groups is 1. The Hall–Kier alpha value is -3.17. The standard InChI is InChI=1S/C18H17N5O3S/c19-11-2-8-14-10(9-11)1-7-15-16(18(20)24)22-23(17(14)15)12-3-5-13(6-4-12)27(21,25)26/h2-6,8-9H,1,7,19H2,(H2,20,24)(H2,21,25,26). The molecule has 0 bridgehead atoms. The maximum atomic E-state index is 11.9. The highest BCUT2D eigenvalue weighted by Crippen LogP contribution is 2.37. The molecule has 3 aromatic rings. The number of rotatable bonds is 3. The Morgan fingerprint density at radius 2 is 1.78 bits per heavy atom. The summed E-state index contributed by atoms with van der Waals surface area (Å²) >= 11 is 0. The van der Waals surface area contributed by atoms with Crippen molar-refractivity contribution in [3.8, 4) is 16.9 Å². The van der Waals surface area contributed by atoms with Gasteiger partial charge in [-0.05, 0) is 54.8 Å². The first kappa shape index (κ1) is 17.3. The van der Waals surface area contributed by atoms with E-state index in [-0.39, 0.29) is 10.6 Å². The summed E-state index contributed by atoms with van der Waals surface area (Å²) in [5.41, 5.74) is 16.4. The molecule has 1 aromatic heterocycles. The highest BCUT2D eigenvalue weighted by Gasteiger charge is 2.28. The Kier molecular flexibility index (Phi) is 3.79. The summed E-state index contributed by atoms with van der Waals surface area (Å²) in [7, 11) is -3.80. The van der Waals surface area contributed by atoms with Crippen LogP contribution in [-0.2, 0) is 22.9 Å². The fraction of sp³-hybridized carbons (Fsp3) is 0.111. The maximum Gasteiger partial charge on any atom is 0.269 e. The second-order valence-electron chi connectivity index (χ2n) is 6.41. The van der Waals surface area contributed by atoms with E-state index in [4.69, 9.17) is 16.6 Å². The van der Waals surface area contributed by atoms with Gasteiger partial charge in [0.1, 0.15) is 0 Å². The third-order valence-corrected chi connectivity index (χ3v) is 5.58. The van der Waals surface area contributed by atoms with Crippen molar-refractivity contribution in [1.29, 1.82) is 0 Å². The summed E-state index contributed by atoms with van der Waals surface area (Å²) in [6.45, 7) is 0. The predicted molar refractivity (Wildman–Crippen MR) is 101 cm³/mol. The minimum Gasteiger partial charge on any atom is -0.399 e. The first-order valence-corrected chi connectivity index (χ1v) is 9.74. The number of nitrogens with two attached hydrogens (primary N) is 3. The lowest BCUT2D eigenvalue weighted by molar-refractivity contribution is 0.0994. The van der Waals surface area contributed by atoms with Crippen LogP contribution in [0.3, 0.4) is 0 Å². The molecule has 6 N–H and O–H groups in total. The third-order valence-electron chi connectivity index (χ3n) is 4.66. The second-order valence-corrected chi connectivity index (χ2v) is 7.97. The molecule has 0 radical (unpaired) electrons. The molecule has 0 unspecified atom stereocenters. The zero-order valence-electron chi connectivity index (χ0n) is 14.2. The second kappa shape index (κ2) is 5.93. The number of aryl methyl sites for hydroxylation is 1. The number of aromatic nitrogens is 2. The molecule has 1 heterocycles. The molecule has 0 saturated heterocycles. The van der Waals surface area contributed by atoms with Gasteiger partial charge in [0.2, 0.25) is 10.0 Å². The van der Waals surface area contributed by atoms with E-state index >= 15 is 0 Å². The van der Waals surface area contributed by atoms with Gasteiger partial charge >= 0.3 is 0 Å². The van der Waals surface area contributed by atoms with Crippen LogP contribution in [0.4, 0.5) is 5.69 Å². The molecule has 0 aliphatic heterocycles. The lowest BCUT2D eigenvalue weighted by Gasteiger charge is -2.19. The number of primary sulfonamides is 1. The molecule has 1 aliphatic rings. The first-order valence-electron chi connectivity index (χ1n) is 8.19. The average Bonchev–Trinajstić information content (AvgIpc) is 3.01. The number of nitrogen functional groups attached to an aromatic ring is 1. The van der Waals surface area contributed by atoms with E-state index in [9.17, 15) is 13.2 Å². The molecule has 0 spiro atoms. The largest absolute Gasteiger partial charge is 0.399 e. The Bertz CT molecular complexity index is 1180. The summed E-state index contributed by atoms with van der Waals surface area (Å²) in [6, 6.07) is 11.6. The normalized spacial score (nSPS) is 13.1. The summed E-state index contributed by atoms with van der Waals surface area (Å²) in [6.07, 6.45) is 1.34. The minimum atomic E-state index is -3.80. The van der Waals surface area contributed by atoms with Crippen LogP contribution < -0.4 is 16.6 Å². The van der Waals surface area contributed by atoms with Crippen molar-refractivity contribution in [3.05, 3.63) is 59.3 Å². The maximum absolute atomic E-state index is 11.9. The topological polar surface area (TPSA) is 147 Å². The summed E-state index contributed by atoms with van der Waals surface area (Å²) in [5, 5.41) is 9.56. The van der Waals surface area contributed by atoms with E-state index in [1.807, 2.05) is 12.1 Å².